The molecule has 0 radical (unpaired) electrons. The van der Waals surface area contributed by atoms with Crippen molar-refractivity contribution in [2.45, 2.75) is 12.8 Å². The fourth-order valence-electron chi connectivity index (χ4n) is 4.77. The number of carbonyl (C=O) groups excluding carboxylic acids is 3. The molecule has 34 heavy (non-hydrogen) atoms. The van der Waals surface area contributed by atoms with Gasteiger partial charge in [-0.25, -0.2) is 0 Å². The minimum atomic E-state index is -0.220. The number of piperidine rings is 1. The van der Waals surface area contributed by atoms with Crippen LogP contribution in [0.2, 0.25) is 5.02 Å². The first-order valence-corrected chi connectivity index (χ1v) is 12.0. The number of likely N-dealkylation sites (tertiary alicyclic amines) is 1. The summed E-state index contributed by atoms with van der Waals surface area (Å²) in [6.45, 7) is 2.94. The number of nitrogens with zero attached hydrogens (tertiary/aromatic N) is 3. The number of piperazine rings is 1. The number of carbonyl (C=O) groups is 3. The van der Waals surface area contributed by atoms with E-state index < -0.39 is 0 Å². The van der Waals surface area contributed by atoms with Crippen molar-refractivity contribution in [3.63, 3.8) is 0 Å². The van der Waals surface area contributed by atoms with Gasteiger partial charge in [0.05, 0.1) is 5.92 Å². The van der Waals surface area contributed by atoms with Crippen LogP contribution in [0.5, 0.6) is 0 Å². The second kappa shape index (κ2) is 9.50. The molecule has 0 saturated carbocycles. The van der Waals surface area contributed by atoms with Crippen LogP contribution >= 0.6 is 11.6 Å². The lowest BCUT2D eigenvalue weighted by molar-refractivity contribution is -0.138. The Morgan fingerprint density at radius 1 is 0.824 bits per heavy atom. The molecule has 1 aromatic heterocycles. The Morgan fingerprint density at radius 2 is 1.53 bits per heavy atom. The van der Waals surface area contributed by atoms with E-state index in [9.17, 15) is 14.4 Å². The summed E-state index contributed by atoms with van der Waals surface area (Å²) >= 11 is 5.93. The minimum absolute atomic E-state index is 0.0597. The van der Waals surface area contributed by atoms with Gasteiger partial charge in [0.25, 0.3) is 11.8 Å². The third-order valence-electron chi connectivity index (χ3n) is 6.66. The Morgan fingerprint density at radius 3 is 2.26 bits per heavy atom. The van der Waals surface area contributed by atoms with Gasteiger partial charge in [-0.1, -0.05) is 29.8 Å². The second-order valence-corrected chi connectivity index (χ2v) is 9.30. The molecule has 3 heterocycles. The van der Waals surface area contributed by atoms with Gasteiger partial charge in [0, 0.05) is 55.2 Å². The maximum Gasteiger partial charge on any atom is 0.289 e. The second-order valence-electron chi connectivity index (χ2n) is 8.86. The van der Waals surface area contributed by atoms with Crippen molar-refractivity contribution in [2.24, 2.45) is 5.92 Å². The summed E-state index contributed by atoms with van der Waals surface area (Å²) in [5, 5.41) is 1.48. The van der Waals surface area contributed by atoms with Crippen LogP contribution in [-0.4, -0.2) is 71.7 Å². The zero-order valence-corrected chi connectivity index (χ0v) is 19.5. The molecule has 3 aromatic rings. The van der Waals surface area contributed by atoms with E-state index in [2.05, 4.69) is 0 Å². The Bertz CT molecular complexity index is 1180. The Hall–Kier alpha value is -3.32. The number of para-hydroxylation sites is 1. The molecule has 3 amide bonds. The maximum absolute atomic E-state index is 13.2. The number of halogens is 1. The molecule has 176 valence electrons. The molecule has 1 atom stereocenters. The number of hydrogen-bond acceptors (Lipinski definition) is 4. The van der Waals surface area contributed by atoms with Gasteiger partial charge in [-0.15, -0.1) is 0 Å². The van der Waals surface area contributed by atoms with Crippen molar-refractivity contribution in [3.05, 3.63) is 70.9 Å². The third-order valence-corrected chi connectivity index (χ3v) is 6.92. The first-order chi connectivity index (χ1) is 16.5. The van der Waals surface area contributed by atoms with Crippen LogP contribution in [0.15, 0.2) is 59.0 Å². The van der Waals surface area contributed by atoms with Crippen molar-refractivity contribution in [3.8, 4) is 0 Å². The van der Waals surface area contributed by atoms with Crippen molar-refractivity contribution >= 4 is 40.3 Å². The van der Waals surface area contributed by atoms with Gasteiger partial charge in [0.1, 0.15) is 5.58 Å². The van der Waals surface area contributed by atoms with Crippen LogP contribution in [0, 0.1) is 5.92 Å². The minimum Gasteiger partial charge on any atom is -0.451 e. The zero-order valence-electron chi connectivity index (χ0n) is 18.8. The van der Waals surface area contributed by atoms with Gasteiger partial charge in [-0.05, 0) is 49.2 Å². The molecule has 0 N–H and O–H groups in total. The molecule has 0 bridgehead atoms. The predicted octanol–water partition coefficient (Wildman–Crippen LogP) is 3.92. The normalized spacial score (nSPS) is 18.9. The quantitative estimate of drug-likeness (QED) is 0.570. The summed E-state index contributed by atoms with van der Waals surface area (Å²) in [7, 11) is 0. The Kier molecular flexibility index (Phi) is 6.28. The molecule has 1 unspecified atom stereocenters. The molecule has 0 spiro atoms. The highest BCUT2D eigenvalue weighted by molar-refractivity contribution is 6.30. The van der Waals surface area contributed by atoms with Gasteiger partial charge in [-0.2, -0.15) is 0 Å². The van der Waals surface area contributed by atoms with Gasteiger partial charge >= 0.3 is 0 Å². The molecule has 5 rings (SSSR count). The fraction of sp³-hybridized carbons (Fsp3) is 0.346. The van der Waals surface area contributed by atoms with Crippen molar-refractivity contribution in [2.75, 3.05) is 39.3 Å². The van der Waals surface area contributed by atoms with Gasteiger partial charge in [0.15, 0.2) is 5.76 Å². The van der Waals surface area contributed by atoms with Crippen LogP contribution in [-0.2, 0) is 4.79 Å². The zero-order chi connectivity index (χ0) is 23.7. The van der Waals surface area contributed by atoms with E-state index in [1.165, 1.54) is 0 Å². The molecule has 2 aliphatic rings. The highest BCUT2D eigenvalue weighted by Gasteiger charge is 2.34. The summed E-state index contributed by atoms with van der Waals surface area (Å²) in [6.07, 6.45) is 1.56. The summed E-state index contributed by atoms with van der Waals surface area (Å²) in [4.78, 5) is 44.3. The molecule has 2 fully saturated rings. The van der Waals surface area contributed by atoms with E-state index in [0.717, 1.165) is 18.2 Å². The summed E-state index contributed by atoms with van der Waals surface area (Å²) in [5.41, 5.74) is 1.27. The average molecular weight is 480 g/mol. The van der Waals surface area contributed by atoms with Crippen molar-refractivity contribution in [1.29, 1.82) is 0 Å². The van der Waals surface area contributed by atoms with Crippen molar-refractivity contribution < 1.29 is 18.8 Å². The smallest absolute Gasteiger partial charge is 0.289 e. The maximum atomic E-state index is 13.2. The number of fused-ring (bicyclic) bond motifs is 1. The first-order valence-electron chi connectivity index (χ1n) is 11.6. The monoisotopic (exact) mass is 479 g/mol. The largest absolute Gasteiger partial charge is 0.451 e. The SMILES string of the molecule is O=C(c1ccc(Cl)cc1)N1CCCC(C(=O)N2CCN(C(=O)c3cc4ccccc4o3)CC2)C1. The van der Waals surface area contributed by atoms with E-state index in [0.29, 0.717) is 61.2 Å². The molecular weight excluding hydrogens is 454 g/mol. The molecule has 8 heteroatoms. The van der Waals surface area contributed by atoms with Crippen LogP contribution in [0.3, 0.4) is 0 Å². The lowest BCUT2D eigenvalue weighted by Crippen LogP contribution is -2.54. The number of furan rings is 1. The fourth-order valence-corrected chi connectivity index (χ4v) is 4.90. The van der Waals surface area contributed by atoms with E-state index in [1.807, 2.05) is 29.2 Å². The topological polar surface area (TPSA) is 74.1 Å². The lowest BCUT2D eigenvalue weighted by Gasteiger charge is -2.38. The van der Waals surface area contributed by atoms with E-state index in [1.54, 1.807) is 40.1 Å². The average Bonchev–Trinajstić information content (AvgIpc) is 3.32. The van der Waals surface area contributed by atoms with Gasteiger partial charge in [0.2, 0.25) is 5.91 Å². The highest BCUT2D eigenvalue weighted by atomic mass is 35.5. The molecule has 2 saturated heterocycles. The summed E-state index contributed by atoms with van der Waals surface area (Å²) in [6, 6.07) is 16.1. The van der Waals surface area contributed by atoms with E-state index >= 15 is 0 Å². The molecule has 7 nitrogen and oxygen atoms in total. The molecule has 0 aliphatic carbocycles. The number of amides is 3. The van der Waals surface area contributed by atoms with Crippen LogP contribution < -0.4 is 0 Å². The standard InChI is InChI=1S/C26H26ClN3O4/c27-21-9-7-18(8-10-21)24(31)30-11-3-5-20(17-30)25(32)28-12-14-29(15-13-28)26(33)23-16-19-4-1-2-6-22(19)34-23/h1-2,4,6-10,16,20H,3,5,11-15,17H2. The Labute approximate surface area is 202 Å². The van der Waals surface area contributed by atoms with Gasteiger partial charge in [-0.3, -0.25) is 14.4 Å². The number of benzene rings is 2. The third kappa shape index (κ3) is 4.53. The van der Waals surface area contributed by atoms with Gasteiger partial charge < -0.3 is 19.1 Å². The first kappa shape index (κ1) is 22.5. The summed E-state index contributed by atoms with van der Waals surface area (Å²) in [5.74, 6) is -0.0622. The van der Waals surface area contributed by atoms with Crippen LogP contribution in [0.25, 0.3) is 11.0 Å². The molecule has 2 aromatic carbocycles. The Balaban J connectivity index is 1.17. The number of rotatable bonds is 3. The molecule has 2 aliphatic heterocycles. The molecular formula is C26H26ClN3O4. The van der Waals surface area contributed by atoms with Crippen LogP contribution in [0.4, 0.5) is 0 Å². The highest BCUT2D eigenvalue weighted by Crippen LogP contribution is 2.24. The van der Waals surface area contributed by atoms with E-state index in [-0.39, 0.29) is 23.6 Å². The number of hydrogen-bond donors (Lipinski definition) is 0. The van der Waals surface area contributed by atoms with Crippen LogP contribution in [0.1, 0.15) is 33.8 Å². The predicted molar refractivity (Wildman–Crippen MR) is 129 cm³/mol. The summed E-state index contributed by atoms with van der Waals surface area (Å²) < 4.78 is 5.71. The van der Waals surface area contributed by atoms with Crippen molar-refractivity contribution in [1.82, 2.24) is 14.7 Å². The lowest BCUT2D eigenvalue weighted by atomic mass is 9.95. The van der Waals surface area contributed by atoms with E-state index in [4.69, 9.17) is 16.0 Å².